The fraction of sp³-hybridized carbons (Fsp3) is 0.632. The summed E-state index contributed by atoms with van der Waals surface area (Å²) in [5, 5.41) is 0. The normalized spacial score (nSPS) is 20.3. The second-order valence-electron chi connectivity index (χ2n) is 7.27. The fourth-order valence-corrected chi connectivity index (χ4v) is 3.57. The maximum absolute atomic E-state index is 12.4. The highest BCUT2D eigenvalue weighted by Crippen LogP contribution is 2.29. The third-order valence-electron chi connectivity index (χ3n) is 4.90. The van der Waals surface area contributed by atoms with Crippen molar-refractivity contribution in [2.75, 3.05) is 13.7 Å². The summed E-state index contributed by atoms with van der Waals surface area (Å²) in [6.07, 6.45) is -0.891. The van der Waals surface area contributed by atoms with Crippen LogP contribution in [0.2, 0.25) is 0 Å². The minimum absolute atomic E-state index is 0.0417. The molecule has 26 heavy (non-hydrogen) atoms. The van der Waals surface area contributed by atoms with Crippen molar-refractivity contribution in [1.29, 1.82) is 0 Å². The molecule has 1 aliphatic rings. The Hall–Kier alpha value is -1.76. The lowest BCUT2D eigenvalue weighted by Crippen LogP contribution is -2.32. The number of nitrogens with two attached hydrogens (primary N) is 1. The average molecular weight is 372 g/mol. The van der Waals surface area contributed by atoms with Gasteiger partial charge in [-0.05, 0) is 49.3 Å². The van der Waals surface area contributed by atoms with Crippen LogP contribution in [0.3, 0.4) is 0 Å². The van der Waals surface area contributed by atoms with Gasteiger partial charge in [0.25, 0.3) is 0 Å². The Balaban J connectivity index is 1.99. The van der Waals surface area contributed by atoms with E-state index in [9.17, 15) is 18.0 Å². The summed E-state index contributed by atoms with van der Waals surface area (Å²) in [4.78, 5) is 14.1. The van der Waals surface area contributed by atoms with Crippen molar-refractivity contribution >= 4 is 5.91 Å². The maximum Gasteiger partial charge on any atom is 0.422 e. The molecule has 0 unspecified atom stereocenters. The number of carbonyl (C=O) groups excluding carboxylic acids is 1. The lowest BCUT2D eigenvalue weighted by atomic mass is 9.99. The van der Waals surface area contributed by atoms with E-state index in [-0.39, 0.29) is 23.6 Å². The molecule has 0 heterocycles. The Morgan fingerprint density at radius 1 is 1.27 bits per heavy atom. The minimum atomic E-state index is -4.37. The van der Waals surface area contributed by atoms with Gasteiger partial charge in [0.05, 0.1) is 0 Å². The molecule has 0 bridgehead atoms. The molecular weight excluding hydrogens is 345 g/mol. The summed E-state index contributed by atoms with van der Waals surface area (Å²) in [6.45, 7) is 2.51. The first-order valence-corrected chi connectivity index (χ1v) is 8.86. The van der Waals surface area contributed by atoms with Crippen molar-refractivity contribution in [3.8, 4) is 5.75 Å². The van der Waals surface area contributed by atoms with Gasteiger partial charge in [-0.1, -0.05) is 18.6 Å². The van der Waals surface area contributed by atoms with E-state index in [2.05, 4.69) is 0 Å². The number of ether oxygens (including phenoxy) is 1. The number of amides is 1. The van der Waals surface area contributed by atoms with E-state index >= 15 is 0 Å². The van der Waals surface area contributed by atoms with Crippen molar-refractivity contribution in [2.24, 2.45) is 11.7 Å². The van der Waals surface area contributed by atoms with E-state index in [0.717, 1.165) is 24.8 Å². The molecule has 0 saturated heterocycles. The van der Waals surface area contributed by atoms with Crippen molar-refractivity contribution in [1.82, 2.24) is 4.90 Å². The lowest BCUT2D eigenvalue weighted by Gasteiger charge is -2.22. The zero-order valence-corrected chi connectivity index (χ0v) is 15.5. The Labute approximate surface area is 152 Å². The molecule has 1 amide bonds. The van der Waals surface area contributed by atoms with Gasteiger partial charge in [-0.25, -0.2) is 0 Å². The zero-order valence-electron chi connectivity index (χ0n) is 15.5. The van der Waals surface area contributed by atoms with Crippen LogP contribution in [0.5, 0.6) is 5.75 Å². The number of nitrogens with zero attached hydrogens (tertiary/aromatic N) is 1. The number of carbonyl (C=O) groups is 1. The predicted octanol–water partition coefficient (Wildman–Crippen LogP) is 3.72. The molecule has 1 aromatic carbocycles. The Bertz CT molecular complexity index is 623. The molecule has 1 aliphatic carbocycles. The van der Waals surface area contributed by atoms with Gasteiger partial charge in [0.1, 0.15) is 5.75 Å². The molecule has 146 valence electrons. The van der Waals surface area contributed by atoms with E-state index in [0.29, 0.717) is 24.1 Å². The number of rotatable bonds is 6. The van der Waals surface area contributed by atoms with Gasteiger partial charge in [-0.3, -0.25) is 4.79 Å². The molecule has 2 atom stereocenters. The van der Waals surface area contributed by atoms with Gasteiger partial charge in [0, 0.05) is 26.1 Å². The first-order chi connectivity index (χ1) is 12.1. The van der Waals surface area contributed by atoms with Crippen molar-refractivity contribution in [3.63, 3.8) is 0 Å². The molecule has 0 aromatic heterocycles. The zero-order chi connectivity index (χ0) is 19.5. The van der Waals surface area contributed by atoms with Crippen LogP contribution in [0.4, 0.5) is 13.2 Å². The third-order valence-corrected chi connectivity index (χ3v) is 4.90. The minimum Gasteiger partial charge on any atom is -0.484 e. The molecule has 1 saturated carbocycles. The SMILES string of the molecule is Cc1cc(CN(C)C(=O)C[C@@H]2CCC[C@H]2N)cc(C)c1OCC(F)(F)F. The number of aryl methyl sites for hydroxylation is 2. The summed E-state index contributed by atoms with van der Waals surface area (Å²) in [7, 11) is 1.74. The summed E-state index contributed by atoms with van der Waals surface area (Å²) < 4.78 is 42.0. The highest BCUT2D eigenvalue weighted by Gasteiger charge is 2.29. The number of benzene rings is 1. The Morgan fingerprint density at radius 3 is 2.38 bits per heavy atom. The van der Waals surface area contributed by atoms with Crippen molar-refractivity contribution in [2.45, 2.75) is 58.3 Å². The molecule has 0 radical (unpaired) electrons. The van der Waals surface area contributed by atoms with Gasteiger partial charge in [0.15, 0.2) is 6.61 Å². The standard InChI is InChI=1S/C19H27F3N2O2/c1-12-7-14(8-13(2)18(12)26-11-19(20,21)22)10-24(3)17(25)9-15-5-4-6-16(15)23/h7-8,15-16H,4-6,9-11,23H2,1-3H3/t15-,16+/m0/s1. The average Bonchev–Trinajstić information content (AvgIpc) is 2.90. The van der Waals surface area contributed by atoms with Gasteiger partial charge in [0.2, 0.25) is 5.91 Å². The van der Waals surface area contributed by atoms with Gasteiger partial charge in [-0.2, -0.15) is 13.2 Å². The van der Waals surface area contributed by atoms with Gasteiger partial charge < -0.3 is 15.4 Å². The Morgan fingerprint density at radius 2 is 1.88 bits per heavy atom. The van der Waals surface area contributed by atoms with Crippen LogP contribution < -0.4 is 10.5 Å². The van der Waals surface area contributed by atoms with Crippen LogP contribution in [0.1, 0.15) is 42.4 Å². The van der Waals surface area contributed by atoms with E-state index < -0.39 is 12.8 Å². The lowest BCUT2D eigenvalue weighted by molar-refractivity contribution is -0.153. The number of hydrogen-bond acceptors (Lipinski definition) is 3. The number of halogens is 3. The number of hydrogen-bond donors (Lipinski definition) is 1. The summed E-state index contributed by atoms with van der Waals surface area (Å²) >= 11 is 0. The second-order valence-corrected chi connectivity index (χ2v) is 7.27. The number of alkyl halides is 3. The first kappa shape index (κ1) is 20.6. The van der Waals surface area contributed by atoms with Crippen molar-refractivity contribution in [3.05, 3.63) is 28.8 Å². The summed E-state index contributed by atoms with van der Waals surface area (Å²) in [5.74, 6) is 0.531. The van der Waals surface area contributed by atoms with Crippen LogP contribution in [-0.4, -0.2) is 36.7 Å². The molecule has 7 heteroatoms. The maximum atomic E-state index is 12.4. The van der Waals surface area contributed by atoms with Gasteiger partial charge in [-0.15, -0.1) is 0 Å². The third kappa shape index (κ3) is 5.62. The van der Waals surface area contributed by atoms with Crippen LogP contribution in [0.15, 0.2) is 12.1 Å². The van der Waals surface area contributed by atoms with Crippen LogP contribution in [0.25, 0.3) is 0 Å². The second kappa shape index (κ2) is 8.29. The highest BCUT2D eigenvalue weighted by molar-refractivity contribution is 5.76. The van der Waals surface area contributed by atoms with E-state index in [1.807, 2.05) is 0 Å². The molecule has 2 N–H and O–H groups in total. The van der Waals surface area contributed by atoms with E-state index in [1.54, 1.807) is 37.9 Å². The monoisotopic (exact) mass is 372 g/mol. The molecule has 1 aromatic rings. The molecule has 0 spiro atoms. The largest absolute Gasteiger partial charge is 0.484 e. The molecule has 1 fully saturated rings. The van der Waals surface area contributed by atoms with E-state index in [1.165, 1.54) is 0 Å². The Kier molecular flexibility index (Phi) is 6.55. The summed E-state index contributed by atoms with van der Waals surface area (Å²) in [6, 6.07) is 3.63. The quantitative estimate of drug-likeness (QED) is 0.828. The fourth-order valence-electron chi connectivity index (χ4n) is 3.57. The summed E-state index contributed by atoms with van der Waals surface area (Å²) in [5.41, 5.74) is 8.15. The van der Waals surface area contributed by atoms with E-state index in [4.69, 9.17) is 10.5 Å². The van der Waals surface area contributed by atoms with Crippen LogP contribution in [-0.2, 0) is 11.3 Å². The topological polar surface area (TPSA) is 55.6 Å². The van der Waals surface area contributed by atoms with Crippen LogP contribution in [0, 0.1) is 19.8 Å². The molecular formula is C19H27F3N2O2. The molecule has 4 nitrogen and oxygen atoms in total. The molecule has 0 aliphatic heterocycles. The van der Waals surface area contributed by atoms with Crippen molar-refractivity contribution < 1.29 is 22.7 Å². The predicted molar refractivity (Wildman–Crippen MR) is 93.9 cm³/mol. The van der Waals surface area contributed by atoms with Gasteiger partial charge >= 0.3 is 6.18 Å². The molecule has 2 rings (SSSR count). The smallest absolute Gasteiger partial charge is 0.422 e. The first-order valence-electron chi connectivity index (χ1n) is 8.86. The van der Waals surface area contributed by atoms with Crippen LogP contribution >= 0.6 is 0 Å². The highest BCUT2D eigenvalue weighted by atomic mass is 19.4.